The van der Waals surface area contributed by atoms with Crippen LogP contribution in [0.4, 0.5) is 0 Å². The van der Waals surface area contributed by atoms with Gasteiger partial charge in [0, 0.05) is 50.4 Å². The number of rotatable bonds is 6. The minimum Gasteiger partial charge on any atom is -0.373 e. The van der Waals surface area contributed by atoms with Gasteiger partial charge in [-0.25, -0.2) is 0 Å². The van der Waals surface area contributed by atoms with Gasteiger partial charge in [0.25, 0.3) is 5.91 Å². The lowest BCUT2D eigenvalue weighted by atomic mass is 9.94. The third-order valence-corrected chi connectivity index (χ3v) is 6.79. The molecule has 2 aliphatic rings. The summed E-state index contributed by atoms with van der Waals surface area (Å²) >= 11 is 0. The van der Waals surface area contributed by atoms with E-state index < -0.39 is 0 Å². The van der Waals surface area contributed by atoms with Crippen LogP contribution in [0.5, 0.6) is 0 Å². The van der Waals surface area contributed by atoms with E-state index in [2.05, 4.69) is 79.2 Å². The summed E-state index contributed by atoms with van der Waals surface area (Å²) in [6.07, 6.45) is 1.59. The van der Waals surface area contributed by atoms with Crippen molar-refractivity contribution in [3.63, 3.8) is 0 Å². The monoisotopic (exact) mass is 435 g/mol. The molecule has 2 aromatic carbocycles. The van der Waals surface area contributed by atoms with Crippen molar-refractivity contribution in [2.75, 3.05) is 26.2 Å². The molecule has 2 atom stereocenters. The summed E-state index contributed by atoms with van der Waals surface area (Å²) in [5, 5.41) is 3.17. The van der Waals surface area contributed by atoms with Gasteiger partial charge in [-0.15, -0.1) is 0 Å². The van der Waals surface area contributed by atoms with Crippen molar-refractivity contribution in [2.45, 2.75) is 65.0 Å². The van der Waals surface area contributed by atoms with E-state index in [1.54, 1.807) is 0 Å². The lowest BCUT2D eigenvalue weighted by molar-refractivity contribution is -0.0704. The largest absolute Gasteiger partial charge is 0.373 e. The Hall–Kier alpha value is -2.21. The summed E-state index contributed by atoms with van der Waals surface area (Å²) < 4.78 is 5.82. The molecule has 32 heavy (non-hydrogen) atoms. The molecule has 0 aliphatic carbocycles. The second-order valence-corrected chi connectivity index (χ2v) is 10.1. The summed E-state index contributed by atoms with van der Waals surface area (Å²) in [5.74, 6) is -0.00403. The van der Waals surface area contributed by atoms with Crippen LogP contribution in [0.1, 0.15) is 54.7 Å². The number of carbonyl (C=O) groups is 1. The summed E-state index contributed by atoms with van der Waals surface area (Å²) in [6, 6.07) is 16.7. The summed E-state index contributed by atoms with van der Waals surface area (Å²) in [7, 11) is 0. The van der Waals surface area contributed by atoms with Crippen molar-refractivity contribution in [3.05, 3.63) is 70.8 Å². The standard InChI is InChI=1S/C27H37N3O2/c1-20-15-29(16-21(2)32-20)17-22-9-11-24(12-10-22)26(31)28-19-27(3,4)30-14-13-23-7-5-6-8-25(23)18-30/h5-12,20-21H,13-19H2,1-4H3,(H,28,31). The zero-order valence-corrected chi connectivity index (χ0v) is 19.9. The quantitative estimate of drug-likeness (QED) is 0.748. The highest BCUT2D eigenvalue weighted by Gasteiger charge is 2.30. The molecule has 1 fully saturated rings. The number of hydrogen-bond acceptors (Lipinski definition) is 4. The minimum absolute atomic E-state index is 0.00403. The number of benzene rings is 2. The first-order valence-corrected chi connectivity index (χ1v) is 11.9. The molecule has 1 saturated heterocycles. The maximum atomic E-state index is 12.8. The van der Waals surface area contributed by atoms with Gasteiger partial charge in [0.1, 0.15) is 0 Å². The second kappa shape index (κ2) is 9.74. The van der Waals surface area contributed by atoms with Crippen LogP contribution in [-0.4, -0.2) is 59.6 Å². The van der Waals surface area contributed by atoms with E-state index in [4.69, 9.17) is 4.74 Å². The van der Waals surface area contributed by atoms with Crippen LogP contribution in [0.3, 0.4) is 0 Å². The Bertz CT molecular complexity index is 915. The zero-order valence-electron chi connectivity index (χ0n) is 19.9. The lowest BCUT2D eigenvalue weighted by Crippen LogP contribution is -2.53. The molecule has 5 nitrogen and oxygen atoms in total. The number of fused-ring (bicyclic) bond motifs is 1. The molecule has 4 rings (SSSR count). The van der Waals surface area contributed by atoms with Crippen LogP contribution >= 0.6 is 0 Å². The van der Waals surface area contributed by atoms with Crippen molar-refractivity contribution in [2.24, 2.45) is 0 Å². The van der Waals surface area contributed by atoms with E-state index in [9.17, 15) is 4.79 Å². The minimum atomic E-state index is -0.104. The highest BCUT2D eigenvalue weighted by Crippen LogP contribution is 2.25. The number of hydrogen-bond donors (Lipinski definition) is 1. The van der Waals surface area contributed by atoms with Gasteiger partial charge in [0.05, 0.1) is 12.2 Å². The van der Waals surface area contributed by atoms with Crippen LogP contribution in [-0.2, 0) is 24.2 Å². The third-order valence-electron chi connectivity index (χ3n) is 6.79. The highest BCUT2D eigenvalue weighted by atomic mass is 16.5. The molecule has 172 valence electrons. The summed E-state index contributed by atoms with van der Waals surface area (Å²) in [5.41, 5.74) is 4.70. The van der Waals surface area contributed by atoms with Gasteiger partial charge in [0.15, 0.2) is 0 Å². The molecule has 2 heterocycles. The van der Waals surface area contributed by atoms with Gasteiger partial charge in [0.2, 0.25) is 0 Å². The summed E-state index contributed by atoms with van der Waals surface area (Å²) in [4.78, 5) is 17.7. The number of amides is 1. The van der Waals surface area contributed by atoms with Gasteiger partial charge in [-0.3, -0.25) is 14.6 Å². The Kier molecular flexibility index (Phi) is 6.99. The normalized spacial score (nSPS) is 22.4. The Morgan fingerprint density at radius 3 is 2.38 bits per heavy atom. The molecule has 2 unspecified atom stereocenters. The van der Waals surface area contributed by atoms with E-state index in [-0.39, 0.29) is 23.7 Å². The molecule has 5 heteroatoms. The predicted octanol–water partition coefficient (Wildman–Crippen LogP) is 3.86. The number of morpholine rings is 1. The van der Waals surface area contributed by atoms with Gasteiger partial charge in [-0.2, -0.15) is 0 Å². The van der Waals surface area contributed by atoms with Crippen LogP contribution in [0.2, 0.25) is 0 Å². The highest BCUT2D eigenvalue weighted by molar-refractivity contribution is 5.94. The first-order chi connectivity index (χ1) is 15.3. The molecule has 0 radical (unpaired) electrons. The van der Waals surface area contributed by atoms with Crippen molar-refractivity contribution in [3.8, 4) is 0 Å². The van der Waals surface area contributed by atoms with Gasteiger partial charge in [-0.05, 0) is 62.9 Å². The number of carbonyl (C=O) groups excluding carboxylic acids is 1. The maximum Gasteiger partial charge on any atom is 0.251 e. The molecule has 1 N–H and O–H groups in total. The topological polar surface area (TPSA) is 44.8 Å². The molecule has 0 saturated carbocycles. The van der Waals surface area contributed by atoms with Crippen LogP contribution in [0, 0.1) is 0 Å². The molecular weight excluding hydrogens is 398 g/mol. The zero-order chi connectivity index (χ0) is 22.7. The SMILES string of the molecule is CC1CN(Cc2ccc(C(=O)NCC(C)(C)N3CCc4ccccc4C3)cc2)CC(C)O1. The number of nitrogens with zero attached hydrogens (tertiary/aromatic N) is 2. The summed E-state index contributed by atoms with van der Waals surface area (Å²) in [6.45, 7) is 14.1. The molecular formula is C27H37N3O2. The van der Waals surface area contributed by atoms with E-state index >= 15 is 0 Å². The van der Waals surface area contributed by atoms with Crippen molar-refractivity contribution in [1.29, 1.82) is 0 Å². The molecule has 2 aliphatic heterocycles. The molecule has 0 spiro atoms. The second-order valence-electron chi connectivity index (χ2n) is 10.1. The van der Waals surface area contributed by atoms with Crippen LogP contribution in [0.25, 0.3) is 0 Å². The van der Waals surface area contributed by atoms with E-state index in [0.29, 0.717) is 6.54 Å². The van der Waals surface area contributed by atoms with Crippen molar-refractivity contribution >= 4 is 5.91 Å². The fraction of sp³-hybridized carbons (Fsp3) is 0.519. The Labute approximate surface area is 192 Å². The predicted molar refractivity (Wildman–Crippen MR) is 129 cm³/mol. The molecule has 0 aromatic heterocycles. The third kappa shape index (κ3) is 5.58. The Morgan fingerprint density at radius 1 is 1.03 bits per heavy atom. The molecule has 2 aromatic rings. The molecule has 0 bridgehead atoms. The van der Waals surface area contributed by atoms with Gasteiger partial charge >= 0.3 is 0 Å². The first kappa shape index (κ1) is 23.0. The lowest BCUT2D eigenvalue weighted by Gasteiger charge is -2.41. The maximum absolute atomic E-state index is 12.8. The fourth-order valence-electron chi connectivity index (χ4n) is 4.96. The average molecular weight is 436 g/mol. The van der Waals surface area contributed by atoms with E-state index in [0.717, 1.165) is 44.7 Å². The average Bonchev–Trinajstić information content (AvgIpc) is 2.77. The number of nitrogens with one attached hydrogen (secondary N) is 1. The van der Waals surface area contributed by atoms with Gasteiger partial charge in [-0.1, -0.05) is 36.4 Å². The van der Waals surface area contributed by atoms with Crippen molar-refractivity contribution < 1.29 is 9.53 Å². The fourth-order valence-corrected chi connectivity index (χ4v) is 4.96. The first-order valence-electron chi connectivity index (χ1n) is 11.9. The number of ether oxygens (including phenoxy) is 1. The Morgan fingerprint density at radius 2 is 1.69 bits per heavy atom. The molecule has 1 amide bonds. The van der Waals surface area contributed by atoms with E-state index in [1.165, 1.54) is 16.7 Å². The van der Waals surface area contributed by atoms with Crippen LogP contribution < -0.4 is 5.32 Å². The van der Waals surface area contributed by atoms with Crippen molar-refractivity contribution in [1.82, 2.24) is 15.1 Å². The Balaban J connectivity index is 1.30. The van der Waals surface area contributed by atoms with Crippen LogP contribution in [0.15, 0.2) is 48.5 Å². The smallest absolute Gasteiger partial charge is 0.251 e. The van der Waals surface area contributed by atoms with E-state index in [1.807, 2.05) is 12.1 Å². The van der Waals surface area contributed by atoms with Gasteiger partial charge < -0.3 is 10.1 Å².